The smallest absolute Gasteiger partial charge is 0.330 e. The van der Waals surface area contributed by atoms with E-state index in [1.807, 2.05) is 60.0 Å². The number of ether oxygens (including phenoxy) is 1. The molecule has 0 N–H and O–H groups in total. The van der Waals surface area contributed by atoms with E-state index < -0.39 is 23.8 Å². The number of pyridine rings is 1. The minimum absolute atomic E-state index is 0.0611. The third-order valence-corrected chi connectivity index (χ3v) is 5.77. The summed E-state index contributed by atoms with van der Waals surface area (Å²) in [6, 6.07) is 18.6. The van der Waals surface area contributed by atoms with E-state index in [-0.39, 0.29) is 13.0 Å². The highest BCUT2D eigenvalue weighted by molar-refractivity contribution is 6.22. The fourth-order valence-corrected chi connectivity index (χ4v) is 4.12. The van der Waals surface area contributed by atoms with E-state index in [0.29, 0.717) is 16.8 Å². The minimum atomic E-state index is -1.08. The molecule has 2 amide bonds. The summed E-state index contributed by atoms with van der Waals surface area (Å²) in [5.74, 6) is -1.63. The zero-order valence-corrected chi connectivity index (χ0v) is 18.0. The molecular weight excluding hydrogens is 418 g/mol. The SMILES string of the molecule is Cc1cccn2cc(COC(=O)C(Cc3ccccc3)N3C(=O)c4ccccc4C3=O)nc12. The first-order valence-electron chi connectivity index (χ1n) is 10.6. The van der Waals surface area contributed by atoms with Gasteiger partial charge in [0.15, 0.2) is 0 Å². The Morgan fingerprint density at radius 1 is 0.939 bits per heavy atom. The number of hydrogen-bond acceptors (Lipinski definition) is 5. The molecule has 0 fully saturated rings. The van der Waals surface area contributed by atoms with Crippen molar-refractivity contribution in [2.24, 2.45) is 0 Å². The first-order chi connectivity index (χ1) is 16.0. The predicted octanol–water partition coefficient (Wildman–Crippen LogP) is 3.59. The molecule has 0 spiro atoms. The lowest BCUT2D eigenvalue weighted by Gasteiger charge is -2.24. The second kappa shape index (κ2) is 8.35. The highest BCUT2D eigenvalue weighted by atomic mass is 16.5. The number of fused-ring (bicyclic) bond motifs is 2. The van der Waals surface area contributed by atoms with Crippen molar-refractivity contribution >= 4 is 23.4 Å². The van der Waals surface area contributed by atoms with E-state index in [2.05, 4.69) is 4.98 Å². The monoisotopic (exact) mass is 439 g/mol. The lowest BCUT2D eigenvalue weighted by molar-refractivity contribution is -0.149. The number of hydrogen-bond donors (Lipinski definition) is 0. The van der Waals surface area contributed by atoms with Crippen LogP contribution in [0.4, 0.5) is 0 Å². The van der Waals surface area contributed by atoms with Gasteiger partial charge in [0.2, 0.25) is 0 Å². The molecule has 164 valence electrons. The Balaban J connectivity index is 1.41. The van der Waals surface area contributed by atoms with Crippen LogP contribution in [-0.2, 0) is 22.6 Å². The summed E-state index contributed by atoms with van der Waals surface area (Å²) in [6.45, 7) is 1.89. The molecular formula is C26H21N3O4. The number of aromatic nitrogens is 2. The molecule has 1 aliphatic rings. The van der Waals surface area contributed by atoms with Gasteiger partial charge >= 0.3 is 5.97 Å². The van der Waals surface area contributed by atoms with E-state index in [0.717, 1.165) is 21.7 Å². The van der Waals surface area contributed by atoms with Crippen molar-refractivity contribution in [1.82, 2.24) is 14.3 Å². The molecule has 1 aliphatic heterocycles. The molecule has 0 radical (unpaired) electrons. The number of imide groups is 1. The zero-order valence-electron chi connectivity index (χ0n) is 18.0. The molecule has 3 heterocycles. The van der Waals surface area contributed by atoms with Crippen LogP contribution in [0.1, 0.15) is 37.5 Å². The number of aryl methyl sites for hydroxylation is 1. The number of carbonyl (C=O) groups is 3. The van der Waals surface area contributed by atoms with Crippen LogP contribution >= 0.6 is 0 Å². The van der Waals surface area contributed by atoms with Crippen molar-refractivity contribution in [2.75, 3.05) is 0 Å². The summed E-state index contributed by atoms with van der Waals surface area (Å²) in [7, 11) is 0. The molecule has 1 atom stereocenters. The van der Waals surface area contributed by atoms with Gasteiger partial charge in [-0.25, -0.2) is 9.78 Å². The topological polar surface area (TPSA) is 81.0 Å². The van der Waals surface area contributed by atoms with E-state index in [1.54, 1.807) is 30.5 Å². The fraction of sp³-hybridized carbons (Fsp3) is 0.154. The molecule has 4 aromatic rings. The highest BCUT2D eigenvalue weighted by Gasteiger charge is 2.43. The Morgan fingerprint density at radius 3 is 2.27 bits per heavy atom. The van der Waals surface area contributed by atoms with Gasteiger partial charge < -0.3 is 9.14 Å². The third-order valence-electron chi connectivity index (χ3n) is 5.77. The van der Waals surface area contributed by atoms with Crippen molar-refractivity contribution in [3.63, 3.8) is 0 Å². The highest BCUT2D eigenvalue weighted by Crippen LogP contribution is 2.26. The molecule has 0 saturated carbocycles. The van der Waals surface area contributed by atoms with E-state index in [1.165, 1.54) is 0 Å². The fourth-order valence-electron chi connectivity index (χ4n) is 4.12. The van der Waals surface area contributed by atoms with Gasteiger partial charge in [0.25, 0.3) is 11.8 Å². The maximum absolute atomic E-state index is 13.2. The van der Waals surface area contributed by atoms with Crippen LogP contribution in [-0.4, -0.2) is 38.1 Å². The Morgan fingerprint density at radius 2 is 1.61 bits per heavy atom. The Labute approximate surface area is 190 Å². The molecule has 0 bridgehead atoms. The number of nitrogens with zero attached hydrogens (tertiary/aromatic N) is 3. The Bertz CT molecular complexity index is 1340. The van der Waals surface area contributed by atoms with Crippen LogP contribution in [0.25, 0.3) is 5.65 Å². The molecule has 7 heteroatoms. The van der Waals surface area contributed by atoms with Crippen molar-refractivity contribution in [3.8, 4) is 0 Å². The largest absolute Gasteiger partial charge is 0.458 e. The van der Waals surface area contributed by atoms with Crippen LogP contribution < -0.4 is 0 Å². The van der Waals surface area contributed by atoms with Crippen molar-refractivity contribution in [2.45, 2.75) is 26.0 Å². The van der Waals surface area contributed by atoms with Crippen LogP contribution in [0.5, 0.6) is 0 Å². The minimum Gasteiger partial charge on any atom is -0.458 e. The van der Waals surface area contributed by atoms with Crippen molar-refractivity contribution in [1.29, 1.82) is 0 Å². The average molecular weight is 439 g/mol. The molecule has 7 nitrogen and oxygen atoms in total. The second-order valence-electron chi connectivity index (χ2n) is 7.99. The number of esters is 1. The predicted molar refractivity (Wildman–Crippen MR) is 121 cm³/mol. The lowest BCUT2D eigenvalue weighted by Crippen LogP contribution is -2.47. The first-order valence-corrected chi connectivity index (χ1v) is 10.6. The molecule has 5 rings (SSSR count). The van der Waals surface area contributed by atoms with Gasteiger partial charge in [-0.3, -0.25) is 14.5 Å². The molecule has 1 unspecified atom stereocenters. The summed E-state index contributed by atoms with van der Waals surface area (Å²) in [6.07, 6.45) is 3.83. The quantitative estimate of drug-likeness (QED) is 0.339. The standard InChI is InChI=1S/C26H21N3O4/c1-17-8-7-13-28-15-19(27-23(17)28)16-33-26(32)22(14-18-9-3-2-4-10-18)29-24(30)20-11-5-6-12-21(20)25(29)31/h2-13,15,22H,14,16H2,1H3. The summed E-state index contributed by atoms with van der Waals surface area (Å²) >= 11 is 0. The summed E-state index contributed by atoms with van der Waals surface area (Å²) in [4.78, 5) is 44.9. The zero-order chi connectivity index (χ0) is 22.9. The molecule has 0 saturated heterocycles. The van der Waals surface area contributed by atoms with Gasteiger partial charge in [0, 0.05) is 18.8 Å². The van der Waals surface area contributed by atoms with Crippen LogP contribution in [0.15, 0.2) is 79.1 Å². The Kier molecular flexibility index (Phi) is 5.22. The molecule has 2 aromatic heterocycles. The summed E-state index contributed by atoms with van der Waals surface area (Å²) < 4.78 is 7.44. The maximum Gasteiger partial charge on any atom is 0.330 e. The maximum atomic E-state index is 13.2. The molecule has 2 aromatic carbocycles. The number of benzene rings is 2. The van der Waals surface area contributed by atoms with Crippen LogP contribution in [0, 0.1) is 6.92 Å². The number of imidazole rings is 1. The van der Waals surface area contributed by atoms with Crippen molar-refractivity contribution in [3.05, 3.63) is 107 Å². The number of rotatable bonds is 6. The van der Waals surface area contributed by atoms with E-state index in [4.69, 9.17) is 4.74 Å². The summed E-state index contributed by atoms with van der Waals surface area (Å²) in [5, 5.41) is 0. The van der Waals surface area contributed by atoms with Crippen LogP contribution in [0.2, 0.25) is 0 Å². The molecule has 0 aliphatic carbocycles. The van der Waals surface area contributed by atoms with Gasteiger partial charge in [-0.15, -0.1) is 0 Å². The van der Waals surface area contributed by atoms with E-state index in [9.17, 15) is 14.4 Å². The van der Waals surface area contributed by atoms with Gasteiger partial charge in [0.05, 0.1) is 16.8 Å². The summed E-state index contributed by atoms with van der Waals surface area (Å²) in [5.41, 5.74) is 3.78. The van der Waals surface area contributed by atoms with Gasteiger partial charge in [-0.05, 0) is 36.2 Å². The van der Waals surface area contributed by atoms with E-state index >= 15 is 0 Å². The molecule has 33 heavy (non-hydrogen) atoms. The van der Waals surface area contributed by atoms with Gasteiger partial charge in [0.1, 0.15) is 18.3 Å². The van der Waals surface area contributed by atoms with Crippen molar-refractivity contribution < 1.29 is 19.1 Å². The Hall–Kier alpha value is -4.26. The second-order valence-corrected chi connectivity index (χ2v) is 7.99. The number of amides is 2. The lowest BCUT2D eigenvalue weighted by atomic mass is 10.0. The number of carbonyl (C=O) groups excluding carboxylic acids is 3. The van der Waals surface area contributed by atoms with Gasteiger partial charge in [-0.2, -0.15) is 0 Å². The first kappa shape index (κ1) is 20.6. The average Bonchev–Trinajstić information content (AvgIpc) is 3.37. The van der Waals surface area contributed by atoms with Crippen LogP contribution in [0.3, 0.4) is 0 Å². The normalized spacial score (nSPS) is 13.9. The van der Waals surface area contributed by atoms with Gasteiger partial charge in [-0.1, -0.05) is 48.5 Å². The third kappa shape index (κ3) is 3.78.